The van der Waals surface area contributed by atoms with E-state index in [0.717, 1.165) is 5.56 Å². The number of carbonyl (C=O) groups is 1. The van der Waals surface area contributed by atoms with Crippen LogP contribution in [0, 0.1) is 0 Å². The lowest BCUT2D eigenvalue weighted by molar-refractivity contribution is 0.0948. The van der Waals surface area contributed by atoms with Crippen LogP contribution in [0.5, 0.6) is 5.75 Å². The van der Waals surface area contributed by atoms with Crippen molar-refractivity contribution < 1.29 is 9.90 Å². The average Bonchev–Trinajstić information content (AvgIpc) is 2.41. The van der Waals surface area contributed by atoms with Crippen LogP contribution in [0.1, 0.15) is 16.1 Å². The van der Waals surface area contributed by atoms with E-state index in [-0.39, 0.29) is 22.5 Å². The molecule has 1 amide bonds. The summed E-state index contributed by atoms with van der Waals surface area (Å²) in [6.07, 6.45) is 3.34. The van der Waals surface area contributed by atoms with Gasteiger partial charge in [-0.2, -0.15) is 0 Å². The van der Waals surface area contributed by atoms with E-state index in [2.05, 4.69) is 15.3 Å². The predicted molar refractivity (Wildman–Crippen MR) is 71.2 cm³/mol. The first-order valence-corrected chi connectivity index (χ1v) is 6.06. The number of nitrogens with one attached hydrogen (secondary N) is 1. The zero-order valence-corrected chi connectivity index (χ0v) is 10.8. The van der Waals surface area contributed by atoms with E-state index < -0.39 is 0 Å². The molecule has 0 atom stereocenters. The van der Waals surface area contributed by atoms with Crippen LogP contribution < -0.4 is 5.32 Å². The standard InChI is InChI=1S/C13H12ClN3O2/c14-12-8-16-11(7-17-12)13(19)15-6-5-9-1-3-10(18)4-2-9/h1-4,7-8,18H,5-6H2,(H,15,19). The fourth-order valence-corrected chi connectivity index (χ4v) is 1.60. The third kappa shape index (κ3) is 3.93. The first-order chi connectivity index (χ1) is 9.15. The number of benzene rings is 1. The molecule has 0 saturated heterocycles. The Morgan fingerprint density at radius 2 is 1.95 bits per heavy atom. The smallest absolute Gasteiger partial charge is 0.271 e. The van der Waals surface area contributed by atoms with Gasteiger partial charge in [0.05, 0.1) is 12.4 Å². The first-order valence-electron chi connectivity index (χ1n) is 5.69. The molecule has 2 aromatic rings. The summed E-state index contributed by atoms with van der Waals surface area (Å²) in [5.41, 5.74) is 1.26. The molecule has 0 saturated carbocycles. The Bertz CT molecular complexity index is 555. The summed E-state index contributed by atoms with van der Waals surface area (Å²) in [6, 6.07) is 6.84. The van der Waals surface area contributed by atoms with Gasteiger partial charge in [0.15, 0.2) is 0 Å². The van der Waals surface area contributed by atoms with E-state index in [1.165, 1.54) is 12.4 Å². The van der Waals surface area contributed by atoms with Crippen LogP contribution in [0.15, 0.2) is 36.7 Å². The maximum Gasteiger partial charge on any atom is 0.271 e. The number of phenolic OH excluding ortho intramolecular Hbond substituents is 1. The number of aromatic hydroxyl groups is 1. The molecule has 2 rings (SSSR count). The second kappa shape index (κ2) is 6.15. The normalized spacial score (nSPS) is 10.2. The Kier molecular flexibility index (Phi) is 4.30. The molecule has 0 bridgehead atoms. The van der Waals surface area contributed by atoms with Gasteiger partial charge < -0.3 is 10.4 Å². The van der Waals surface area contributed by atoms with Crippen LogP contribution in [0.2, 0.25) is 5.15 Å². The molecule has 0 aliphatic carbocycles. The first kappa shape index (κ1) is 13.3. The van der Waals surface area contributed by atoms with Crippen molar-refractivity contribution in [1.29, 1.82) is 0 Å². The van der Waals surface area contributed by atoms with Gasteiger partial charge in [0.2, 0.25) is 0 Å². The predicted octanol–water partition coefficient (Wildman–Crippen LogP) is 1.81. The fraction of sp³-hybridized carbons (Fsp3) is 0.154. The number of hydrogen-bond acceptors (Lipinski definition) is 4. The molecule has 0 fully saturated rings. The van der Waals surface area contributed by atoms with Crippen LogP contribution in [0.3, 0.4) is 0 Å². The highest BCUT2D eigenvalue weighted by molar-refractivity contribution is 6.29. The van der Waals surface area contributed by atoms with Gasteiger partial charge in [0, 0.05) is 6.54 Å². The Morgan fingerprint density at radius 1 is 1.21 bits per heavy atom. The van der Waals surface area contributed by atoms with E-state index in [1.54, 1.807) is 12.1 Å². The number of nitrogens with zero attached hydrogens (tertiary/aromatic N) is 2. The van der Waals surface area contributed by atoms with Crippen molar-refractivity contribution in [2.45, 2.75) is 6.42 Å². The zero-order valence-electron chi connectivity index (χ0n) is 10.0. The molecule has 1 heterocycles. The van der Waals surface area contributed by atoms with Gasteiger partial charge in [-0.25, -0.2) is 9.97 Å². The third-order valence-electron chi connectivity index (χ3n) is 2.49. The van der Waals surface area contributed by atoms with Crippen molar-refractivity contribution in [2.24, 2.45) is 0 Å². The lowest BCUT2D eigenvalue weighted by Crippen LogP contribution is -2.26. The van der Waals surface area contributed by atoms with Crippen LogP contribution >= 0.6 is 11.6 Å². The molecule has 0 aliphatic heterocycles. The van der Waals surface area contributed by atoms with Crippen molar-refractivity contribution in [2.75, 3.05) is 6.54 Å². The summed E-state index contributed by atoms with van der Waals surface area (Å²) in [6.45, 7) is 0.480. The average molecular weight is 278 g/mol. The van der Waals surface area contributed by atoms with Gasteiger partial charge in [-0.05, 0) is 24.1 Å². The number of phenols is 1. The molecule has 19 heavy (non-hydrogen) atoms. The van der Waals surface area contributed by atoms with Gasteiger partial charge in [-0.1, -0.05) is 23.7 Å². The van der Waals surface area contributed by atoms with Crippen molar-refractivity contribution in [3.8, 4) is 5.75 Å². The highest BCUT2D eigenvalue weighted by Crippen LogP contribution is 2.09. The molecule has 0 spiro atoms. The van der Waals surface area contributed by atoms with Gasteiger partial charge in [-0.15, -0.1) is 0 Å². The molecule has 2 N–H and O–H groups in total. The molecule has 0 aliphatic rings. The van der Waals surface area contributed by atoms with Gasteiger partial charge in [0.25, 0.3) is 5.91 Å². The highest BCUT2D eigenvalue weighted by Gasteiger charge is 2.06. The molecule has 5 nitrogen and oxygen atoms in total. The lowest BCUT2D eigenvalue weighted by Gasteiger charge is -2.04. The Balaban J connectivity index is 1.84. The van der Waals surface area contributed by atoms with Gasteiger partial charge in [0.1, 0.15) is 16.6 Å². The minimum atomic E-state index is -0.289. The molecule has 98 valence electrons. The SMILES string of the molecule is O=C(NCCc1ccc(O)cc1)c1cnc(Cl)cn1. The van der Waals surface area contributed by atoms with Crippen molar-refractivity contribution >= 4 is 17.5 Å². The fourth-order valence-electron chi connectivity index (χ4n) is 1.50. The maximum atomic E-state index is 11.7. The molecule has 0 unspecified atom stereocenters. The third-order valence-corrected chi connectivity index (χ3v) is 2.68. The summed E-state index contributed by atoms with van der Waals surface area (Å²) in [4.78, 5) is 19.4. The summed E-state index contributed by atoms with van der Waals surface area (Å²) in [5, 5.41) is 12.1. The largest absolute Gasteiger partial charge is 0.508 e. The topological polar surface area (TPSA) is 75.1 Å². The van der Waals surface area contributed by atoms with Crippen LogP contribution in [-0.4, -0.2) is 27.5 Å². The minimum Gasteiger partial charge on any atom is -0.508 e. The zero-order chi connectivity index (χ0) is 13.7. The number of hydrogen-bond donors (Lipinski definition) is 2. The van der Waals surface area contributed by atoms with Crippen molar-refractivity contribution in [3.63, 3.8) is 0 Å². The van der Waals surface area contributed by atoms with E-state index in [4.69, 9.17) is 16.7 Å². The number of rotatable bonds is 4. The van der Waals surface area contributed by atoms with Gasteiger partial charge >= 0.3 is 0 Å². The Labute approximate surface area is 115 Å². The quantitative estimate of drug-likeness (QED) is 0.894. The Hall–Kier alpha value is -2.14. The van der Waals surface area contributed by atoms with Gasteiger partial charge in [-0.3, -0.25) is 4.79 Å². The van der Waals surface area contributed by atoms with E-state index in [1.807, 2.05) is 12.1 Å². The van der Waals surface area contributed by atoms with Crippen molar-refractivity contribution in [1.82, 2.24) is 15.3 Å². The second-order valence-electron chi connectivity index (χ2n) is 3.90. The van der Waals surface area contributed by atoms with Crippen molar-refractivity contribution in [3.05, 3.63) is 53.1 Å². The molecule has 0 radical (unpaired) electrons. The monoisotopic (exact) mass is 277 g/mol. The second-order valence-corrected chi connectivity index (χ2v) is 4.28. The molecule has 1 aromatic carbocycles. The number of amides is 1. The summed E-state index contributed by atoms with van der Waals surface area (Å²) in [5.74, 6) is -0.0628. The molecular weight excluding hydrogens is 266 g/mol. The maximum absolute atomic E-state index is 11.7. The van der Waals surface area contributed by atoms with Crippen LogP contribution in [0.25, 0.3) is 0 Å². The van der Waals surface area contributed by atoms with E-state index in [0.29, 0.717) is 13.0 Å². The number of halogens is 1. The Morgan fingerprint density at radius 3 is 2.58 bits per heavy atom. The summed E-state index contributed by atoms with van der Waals surface area (Å²) < 4.78 is 0. The summed E-state index contributed by atoms with van der Waals surface area (Å²) in [7, 11) is 0. The van der Waals surface area contributed by atoms with E-state index >= 15 is 0 Å². The minimum absolute atomic E-state index is 0.226. The molecule has 1 aromatic heterocycles. The molecular formula is C13H12ClN3O2. The van der Waals surface area contributed by atoms with Crippen LogP contribution in [0.4, 0.5) is 0 Å². The van der Waals surface area contributed by atoms with E-state index in [9.17, 15) is 4.79 Å². The van der Waals surface area contributed by atoms with Crippen LogP contribution in [-0.2, 0) is 6.42 Å². The number of aromatic nitrogens is 2. The lowest BCUT2D eigenvalue weighted by atomic mass is 10.1. The number of carbonyl (C=O) groups excluding carboxylic acids is 1. The highest BCUT2D eigenvalue weighted by atomic mass is 35.5. The molecule has 6 heteroatoms. The summed E-state index contributed by atoms with van der Waals surface area (Å²) >= 11 is 5.59.